The lowest BCUT2D eigenvalue weighted by molar-refractivity contribution is -0.123. The van der Waals surface area contributed by atoms with Crippen LogP contribution >= 0.6 is 0 Å². The van der Waals surface area contributed by atoms with Gasteiger partial charge in [-0.3, -0.25) is 4.79 Å². The van der Waals surface area contributed by atoms with Crippen molar-refractivity contribution in [1.82, 2.24) is 5.32 Å². The van der Waals surface area contributed by atoms with Gasteiger partial charge in [0.15, 0.2) is 0 Å². The fraction of sp³-hybridized carbons (Fsp3) is 0.932. The van der Waals surface area contributed by atoms with E-state index in [-0.39, 0.29) is 12.5 Å². The molecule has 286 valence electrons. The zero-order chi connectivity index (χ0) is 35.0. The third-order valence-electron chi connectivity index (χ3n) is 10.3. The van der Waals surface area contributed by atoms with Crippen molar-refractivity contribution < 1.29 is 15.0 Å². The third-order valence-corrected chi connectivity index (χ3v) is 10.3. The van der Waals surface area contributed by atoms with Crippen LogP contribution in [0.1, 0.15) is 245 Å². The Balaban J connectivity index is 3.47. The first-order valence-corrected chi connectivity index (χ1v) is 21.9. The van der Waals surface area contributed by atoms with E-state index < -0.39 is 12.1 Å². The molecule has 0 rings (SSSR count). The van der Waals surface area contributed by atoms with Gasteiger partial charge < -0.3 is 15.5 Å². The monoisotopic (exact) mass is 678 g/mol. The second kappa shape index (κ2) is 40.6. The zero-order valence-corrected chi connectivity index (χ0v) is 32.8. The minimum Gasteiger partial charge on any atom is -0.394 e. The lowest BCUT2D eigenvalue weighted by Crippen LogP contribution is -2.45. The van der Waals surface area contributed by atoms with Gasteiger partial charge in [0.25, 0.3) is 0 Å². The molecular weight excluding hydrogens is 590 g/mol. The Bertz CT molecular complexity index is 651. The van der Waals surface area contributed by atoms with Crippen molar-refractivity contribution in [2.45, 2.75) is 257 Å². The number of rotatable bonds is 40. The largest absolute Gasteiger partial charge is 0.394 e. The summed E-state index contributed by atoms with van der Waals surface area (Å²) in [5.74, 6) is -0.0371. The molecule has 1 amide bonds. The number of hydrogen-bond donors (Lipinski definition) is 3. The van der Waals surface area contributed by atoms with Crippen LogP contribution in [0.2, 0.25) is 0 Å². The number of unbranched alkanes of at least 4 members (excludes halogenated alkanes) is 31. The summed E-state index contributed by atoms with van der Waals surface area (Å²) in [5, 5.41) is 23.1. The standard InChI is InChI=1S/C44H87NO3/c1-3-5-7-9-11-13-15-17-18-19-20-21-22-23-24-25-26-28-30-32-34-36-38-40-44(48)45-42(41-46)43(47)39-37-35-33-31-29-27-16-14-12-10-8-6-4-2/h29,31,42-43,46-47H,3-28,30,32-41H2,1-2H3,(H,45,48)/b31-29+/t42-,43+/m0/s1. The second-order valence-electron chi connectivity index (χ2n) is 15.1. The molecule has 0 aliphatic heterocycles. The fourth-order valence-corrected chi connectivity index (χ4v) is 6.89. The summed E-state index contributed by atoms with van der Waals surface area (Å²) in [6.45, 7) is 4.35. The average molecular weight is 678 g/mol. The number of carbonyl (C=O) groups excluding carboxylic acids is 1. The molecular formula is C44H87NO3. The van der Waals surface area contributed by atoms with Crippen LogP contribution in [0.5, 0.6) is 0 Å². The molecule has 0 spiro atoms. The molecule has 3 N–H and O–H groups in total. The molecule has 0 saturated heterocycles. The number of allylic oxidation sites excluding steroid dienone is 2. The molecule has 0 heterocycles. The van der Waals surface area contributed by atoms with E-state index in [1.54, 1.807) is 0 Å². The van der Waals surface area contributed by atoms with Crippen molar-refractivity contribution >= 4 is 5.91 Å². The highest BCUT2D eigenvalue weighted by Gasteiger charge is 2.19. The maximum atomic E-state index is 12.4. The predicted molar refractivity (Wildman–Crippen MR) is 212 cm³/mol. The van der Waals surface area contributed by atoms with Crippen LogP contribution in [0.4, 0.5) is 0 Å². The zero-order valence-electron chi connectivity index (χ0n) is 32.8. The highest BCUT2D eigenvalue weighted by Crippen LogP contribution is 2.16. The van der Waals surface area contributed by atoms with Crippen molar-refractivity contribution in [2.75, 3.05) is 6.61 Å². The number of carbonyl (C=O) groups is 1. The molecule has 0 unspecified atom stereocenters. The Morgan fingerprint density at radius 1 is 0.479 bits per heavy atom. The van der Waals surface area contributed by atoms with Crippen LogP contribution in [-0.2, 0) is 4.79 Å². The Labute approximate surface area is 301 Å². The van der Waals surface area contributed by atoms with Crippen molar-refractivity contribution in [1.29, 1.82) is 0 Å². The highest BCUT2D eigenvalue weighted by molar-refractivity contribution is 5.76. The van der Waals surface area contributed by atoms with Gasteiger partial charge >= 0.3 is 0 Å². The van der Waals surface area contributed by atoms with Crippen LogP contribution in [0.25, 0.3) is 0 Å². The summed E-state index contributed by atoms with van der Waals surface area (Å²) < 4.78 is 0. The van der Waals surface area contributed by atoms with E-state index in [1.807, 2.05) is 0 Å². The van der Waals surface area contributed by atoms with Gasteiger partial charge in [-0.2, -0.15) is 0 Å². The van der Waals surface area contributed by atoms with Gasteiger partial charge in [-0.1, -0.05) is 212 Å². The maximum Gasteiger partial charge on any atom is 0.220 e. The van der Waals surface area contributed by atoms with Gasteiger partial charge in [0.1, 0.15) is 0 Å². The molecule has 2 atom stereocenters. The Morgan fingerprint density at radius 3 is 1.15 bits per heavy atom. The molecule has 0 bridgehead atoms. The van der Waals surface area contributed by atoms with E-state index in [0.717, 1.165) is 32.1 Å². The predicted octanol–water partition coefficient (Wildman–Crippen LogP) is 13.5. The van der Waals surface area contributed by atoms with Crippen molar-refractivity contribution in [2.24, 2.45) is 0 Å². The van der Waals surface area contributed by atoms with Gasteiger partial charge in [0.2, 0.25) is 5.91 Å². The van der Waals surface area contributed by atoms with Crippen LogP contribution < -0.4 is 5.32 Å². The number of aliphatic hydroxyl groups is 2. The topological polar surface area (TPSA) is 69.6 Å². The van der Waals surface area contributed by atoms with Gasteiger partial charge in [0.05, 0.1) is 18.8 Å². The highest BCUT2D eigenvalue weighted by atomic mass is 16.3. The van der Waals surface area contributed by atoms with Crippen LogP contribution in [0.3, 0.4) is 0 Å². The minimum absolute atomic E-state index is 0.0371. The first-order chi connectivity index (χ1) is 23.7. The van der Waals surface area contributed by atoms with Crippen LogP contribution in [0, 0.1) is 0 Å². The van der Waals surface area contributed by atoms with E-state index in [1.165, 1.54) is 186 Å². The van der Waals surface area contributed by atoms with E-state index in [9.17, 15) is 15.0 Å². The molecule has 4 heteroatoms. The molecule has 4 nitrogen and oxygen atoms in total. The van der Waals surface area contributed by atoms with E-state index >= 15 is 0 Å². The van der Waals surface area contributed by atoms with Crippen LogP contribution in [-0.4, -0.2) is 34.9 Å². The Hall–Kier alpha value is -0.870. The smallest absolute Gasteiger partial charge is 0.220 e. The molecule has 0 aliphatic rings. The van der Waals surface area contributed by atoms with E-state index in [0.29, 0.717) is 12.8 Å². The summed E-state index contributed by atoms with van der Waals surface area (Å²) in [5.41, 5.74) is 0. The quantitative estimate of drug-likeness (QED) is 0.0446. The van der Waals surface area contributed by atoms with Gasteiger partial charge in [0, 0.05) is 6.42 Å². The summed E-state index contributed by atoms with van der Waals surface area (Å²) >= 11 is 0. The number of nitrogens with one attached hydrogen (secondary N) is 1. The first-order valence-electron chi connectivity index (χ1n) is 21.9. The average Bonchev–Trinajstić information content (AvgIpc) is 3.09. The normalized spacial score (nSPS) is 13.0. The molecule has 0 saturated carbocycles. The summed E-state index contributed by atoms with van der Waals surface area (Å²) in [4.78, 5) is 12.4. The molecule has 0 radical (unpaired) electrons. The Morgan fingerprint density at radius 2 is 0.792 bits per heavy atom. The fourth-order valence-electron chi connectivity index (χ4n) is 6.89. The van der Waals surface area contributed by atoms with Crippen molar-refractivity contribution in [3.05, 3.63) is 12.2 Å². The maximum absolute atomic E-state index is 12.4. The lowest BCUT2D eigenvalue weighted by atomic mass is 10.0. The first kappa shape index (κ1) is 47.1. The van der Waals surface area contributed by atoms with E-state index in [2.05, 4.69) is 31.3 Å². The molecule has 0 aliphatic carbocycles. The molecule has 48 heavy (non-hydrogen) atoms. The lowest BCUT2D eigenvalue weighted by Gasteiger charge is -2.22. The van der Waals surface area contributed by atoms with Crippen molar-refractivity contribution in [3.8, 4) is 0 Å². The summed E-state index contributed by atoms with van der Waals surface area (Å²) in [6, 6.07) is -0.546. The second-order valence-corrected chi connectivity index (χ2v) is 15.1. The van der Waals surface area contributed by atoms with Crippen molar-refractivity contribution in [3.63, 3.8) is 0 Å². The summed E-state index contributed by atoms with van der Waals surface area (Å²) in [7, 11) is 0. The van der Waals surface area contributed by atoms with E-state index in [4.69, 9.17) is 0 Å². The minimum atomic E-state index is -0.676. The summed E-state index contributed by atoms with van der Waals surface area (Å²) in [6.07, 6.45) is 50.1. The van der Waals surface area contributed by atoms with Gasteiger partial charge in [-0.15, -0.1) is 0 Å². The third kappa shape index (κ3) is 36.4. The number of amides is 1. The van der Waals surface area contributed by atoms with Crippen LogP contribution in [0.15, 0.2) is 12.2 Å². The number of hydrogen-bond acceptors (Lipinski definition) is 3. The molecule has 0 aromatic carbocycles. The van der Waals surface area contributed by atoms with Gasteiger partial charge in [-0.25, -0.2) is 0 Å². The Kier molecular flexibility index (Phi) is 39.8. The molecule has 0 aromatic rings. The van der Waals surface area contributed by atoms with Gasteiger partial charge in [-0.05, 0) is 38.5 Å². The SMILES string of the molecule is CCCCCCCCC/C=C/CCCC[C@@H](O)[C@H](CO)NC(=O)CCCCCCCCCCCCCCCCCCCCCCCCC. The molecule has 0 aromatic heterocycles. The number of aliphatic hydroxyl groups excluding tert-OH is 2. The molecule has 0 fully saturated rings.